The van der Waals surface area contributed by atoms with Crippen LogP contribution in [0.2, 0.25) is 0 Å². The second-order valence-electron chi connectivity index (χ2n) is 6.20. The molecule has 1 aromatic rings. The summed E-state index contributed by atoms with van der Waals surface area (Å²) in [4.78, 5) is 26.2. The second-order valence-corrected chi connectivity index (χ2v) is 6.20. The Morgan fingerprint density at radius 1 is 1.43 bits per heavy atom. The van der Waals surface area contributed by atoms with E-state index in [1.165, 1.54) is 17.0 Å². The summed E-state index contributed by atoms with van der Waals surface area (Å²) >= 11 is 0. The van der Waals surface area contributed by atoms with Gasteiger partial charge in [0.15, 0.2) is 0 Å². The minimum atomic E-state index is -0.455. The number of amides is 1. The van der Waals surface area contributed by atoms with Crippen molar-refractivity contribution in [2.24, 2.45) is 11.1 Å². The van der Waals surface area contributed by atoms with E-state index in [4.69, 9.17) is 5.73 Å². The van der Waals surface area contributed by atoms with Gasteiger partial charge >= 0.3 is 0 Å². The number of halogens is 1. The zero-order valence-corrected chi connectivity index (χ0v) is 14.2. The van der Waals surface area contributed by atoms with Crippen LogP contribution in [0.4, 0.5) is 11.4 Å². The van der Waals surface area contributed by atoms with Crippen LogP contribution < -0.4 is 10.6 Å². The average Bonchev–Trinajstić information content (AvgIpc) is 2.88. The number of carbonyl (C=O) groups excluding carboxylic acids is 1. The Morgan fingerprint density at radius 3 is 2.52 bits per heavy atom. The van der Waals surface area contributed by atoms with Gasteiger partial charge in [0.25, 0.3) is 5.69 Å². The van der Waals surface area contributed by atoms with E-state index in [1.54, 1.807) is 19.2 Å². The van der Waals surface area contributed by atoms with Gasteiger partial charge in [-0.3, -0.25) is 19.8 Å². The molecule has 23 heavy (non-hydrogen) atoms. The van der Waals surface area contributed by atoms with E-state index in [9.17, 15) is 14.9 Å². The lowest BCUT2D eigenvalue weighted by atomic mass is 9.90. The van der Waals surface area contributed by atoms with Crippen molar-refractivity contribution in [2.45, 2.75) is 13.3 Å². The van der Waals surface area contributed by atoms with Crippen molar-refractivity contribution >= 4 is 29.7 Å². The number of nitrogens with two attached hydrogens (primary N) is 1. The van der Waals surface area contributed by atoms with Gasteiger partial charge in [-0.05, 0) is 37.1 Å². The molecule has 0 bridgehead atoms. The smallest absolute Gasteiger partial charge is 0.269 e. The van der Waals surface area contributed by atoms with E-state index in [1.807, 2.05) is 0 Å². The maximum Gasteiger partial charge on any atom is 0.269 e. The van der Waals surface area contributed by atoms with Crippen molar-refractivity contribution in [1.29, 1.82) is 0 Å². The van der Waals surface area contributed by atoms with Crippen LogP contribution in [-0.4, -0.2) is 49.0 Å². The first-order chi connectivity index (χ1) is 10.3. The van der Waals surface area contributed by atoms with Gasteiger partial charge in [-0.25, -0.2) is 0 Å². The lowest BCUT2D eigenvalue weighted by Gasteiger charge is -2.24. The zero-order chi connectivity index (χ0) is 16.3. The van der Waals surface area contributed by atoms with Gasteiger partial charge in [-0.1, -0.05) is 6.92 Å². The third kappa shape index (κ3) is 4.63. The Morgan fingerprint density at radius 2 is 2.04 bits per heavy atom. The molecule has 2 rings (SSSR count). The van der Waals surface area contributed by atoms with Crippen molar-refractivity contribution in [3.05, 3.63) is 34.4 Å². The number of rotatable bonds is 5. The molecule has 1 aromatic carbocycles. The van der Waals surface area contributed by atoms with Gasteiger partial charge in [0.2, 0.25) is 5.91 Å². The van der Waals surface area contributed by atoms with E-state index in [-0.39, 0.29) is 29.4 Å². The van der Waals surface area contributed by atoms with Crippen molar-refractivity contribution in [3.8, 4) is 0 Å². The number of likely N-dealkylation sites (N-methyl/N-ethyl adjacent to an activating group) is 1. The normalized spacial score (nSPS) is 20.8. The quantitative estimate of drug-likeness (QED) is 0.648. The molecule has 1 atom stereocenters. The summed E-state index contributed by atoms with van der Waals surface area (Å²) in [5.74, 6) is -0.0323. The van der Waals surface area contributed by atoms with Crippen molar-refractivity contribution < 1.29 is 9.72 Å². The van der Waals surface area contributed by atoms with E-state index < -0.39 is 4.92 Å². The number of hydrogen-bond acceptors (Lipinski definition) is 5. The van der Waals surface area contributed by atoms with Gasteiger partial charge < -0.3 is 10.6 Å². The summed E-state index contributed by atoms with van der Waals surface area (Å²) in [6.07, 6.45) is 0.998. The molecular weight excluding hydrogens is 320 g/mol. The number of non-ortho nitro benzene ring substituents is 1. The van der Waals surface area contributed by atoms with Crippen LogP contribution in [0.1, 0.15) is 13.3 Å². The van der Waals surface area contributed by atoms with Crippen LogP contribution in [0, 0.1) is 15.5 Å². The van der Waals surface area contributed by atoms with Crippen LogP contribution in [0.15, 0.2) is 24.3 Å². The number of nitrogens with zero attached hydrogens (tertiary/aromatic N) is 3. The summed E-state index contributed by atoms with van der Waals surface area (Å²) < 4.78 is 0. The molecule has 0 saturated carbocycles. The molecule has 0 radical (unpaired) electrons. The molecule has 1 unspecified atom stereocenters. The van der Waals surface area contributed by atoms with Crippen LogP contribution in [0.3, 0.4) is 0 Å². The lowest BCUT2D eigenvalue weighted by Crippen LogP contribution is -2.39. The number of hydrogen-bond donors (Lipinski definition) is 1. The molecule has 8 heteroatoms. The molecule has 1 amide bonds. The molecular formula is C15H23ClN4O3. The van der Waals surface area contributed by atoms with Crippen LogP contribution in [0.25, 0.3) is 0 Å². The predicted octanol–water partition coefficient (Wildman–Crippen LogP) is 1.65. The number of carbonyl (C=O) groups is 1. The number of benzene rings is 1. The molecule has 1 fully saturated rings. The Hall–Kier alpha value is -1.70. The zero-order valence-electron chi connectivity index (χ0n) is 13.4. The fourth-order valence-corrected chi connectivity index (χ4v) is 2.67. The first kappa shape index (κ1) is 19.3. The molecule has 0 spiro atoms. The van der Waals surface area contributed by atoms with Gasteiger partial charge in [0.05, 0.1) is 11.5 Å². The fourth-order valence-electron chi connectivity index (χ4n) is 2.67. The van der Waals surface area contributed by atoms with Gasteiger partial charge in [0, 0.05) is 31.4 Å². The Balaban J connectivity index is 0.00000264. The lowest BCUT2D eigenvalue weighted by molar-refractivity contribution is -0.384. The number of nitro groups is 1. The van der Waals surface area contributed by atoms with Crippen molar-refractivity contribution in [2.75, 3.05) is 38.1 Å². The summed E-state index contributed by atoms with van der Waals surface area (Å²) in [5.41, 5.74) is 6.53. The highest BCUT2D eigenvalue weighted by Crippen LogP contribution is 2.28. The molecule has 1 aliphatic rings. The number of anilines is 1. The predicted molar refractivity (Wildman–Crippen MR) is 92.0 cm³/mol. The van der Waals surface area contributed by atoms with Crippen LogP contribution in [0.5, 0.6) is 0 Å². The molecule has 1 aliphatic heterocycles. The van der Waals surface area contributed by atoms with Gasteiger partial charge in [-0.15, -0.1) is 12.4 Å². The summed E-state index contributed by atoms with van der Waals surface area (Å²) in [6.45, 7) is 4.79. The molecule has 0 aliphatic carbocycles. The average molecular weight is 343 g/mol. The minimum absolute atomic E-state index is 0. The SMILES string of the molecule is CN(C(=O)CN1CCC(C)(CN)C1)c1ccc([N+](=O)[O-])cc1.Cl. The number of nitro benzene ring substituents is 1. The molecule has 7 nitrogen and oxygen atoms in total. The highest BCUT2D eigenvalue weighted by Gasteiger charge is 2.33. The Kier molecular flexibility index (Phi) is 6.49. The standard InChI is InChI=1S/C15H22N4O3.ClH/c1-15(10-16)7-8-18(11-15)9-14(20)17(2)12-3-5-13(6-4-12)19(21)22;/h3-6H,7-11,16H2,1-2H3;1H. The number of likely N-dealkylation sites (tertiary alicyclic amines) is 1. The minimum Gasteiger partial charge on any atom is -0.330 e. The second kappa shape index (κ2) is 7.72. The molecule has 2 N–H and O–H groups in total. The maximum atomic E-state index is 12.3. The van der Waals surface area contributed by atoms with Crippen LogP contribution in [-0.2, 0) is 4.79 Å². The Bertz CT molecular complexity index is 566. The highest BCUT2D eigenvalue weighted by molar-refractivity contribution is 5.94. The fraction of sp³-hybridized carbons (Fsp3) is 0.533. The summed E-state index contributed by atoms with van der Waals surface area (Å²) in [7, 11) is 1.68. The van der Waals surface area contributed by atoms with Crippen molar-refractivity contribution in [1.82, 2.24) is 4.90 Å². The summed E-state index contributed by atoms with van der Waals surface area (Å²) in [5, 5.41) is 10.6. The first-order valence-electron chi connectivity index (χ1n) is 7.28. The third-order valence-corrected chi connectivity index (χ3v) is 4.31. The topological polar surface area (TPSA) is 92.7 Å². The third-order valence-electron chi connectivity index (χ3n) is 4.31. The van der Waals surface area contributed by atoms with E-state index >= 15 is 0 Å². The summed E-state index contributed by atoms with van der Waals surface area (Å²) in [6, 6.07) is 5.98. The van der Waals surface area contributed by atoms with E-state index in [2.05, 4.69) is 11.8 Å². The van der Waals surface area contributed by atoms with E-state index in [0.29, 0.717) is 18.8 Å². The molecule has 128 valence electrons. The van der Waals surface area contributed by atoms with Gasteiger partial charge in [0.1, 0.15) is 0 Å². The van der Waals surface area contributed by atoms with Crippen molar-refractivity contribution in [3.63, 3.8) is 0 Å². The molecule has 0 aromatic heterocycles. The van der Waals surface area contributed by atoms with Crippen LogP contribution >= 0.6 is 12.4 Å². The first-order valence-corrected chi connectivity index (χ1v) is 7.28. The Labute approximate surface area is 142 Å². The van der Waals surface area contributed by atoms with Gasteiger partial charge in [-0.2, -0.15) is 0 Å². The molecule has 1 heterocycles. The van der Waals surface area contributed by atoms with E-state index in [0.717, 1.165) is 19.5 Å². The molecule has 1 saturated heterocycles. The largest absolute Gasteiger partial charge is 0.330 e. The highest BCUT2D eigenvalue weighted by atomic mass is 35.5. The maximum absolute atomic E-state index is 12.3. The monoisotopic (exact) mass is 342 g/mol.